The minimum atomic E-state index is -0.773. The van der Waals surface area contributed by atoms with E-state index in [0.717, 1.165) is 6.42 Å². The van der Waals surface area contributed by atoms with E-state index in [9.17, 15) is 9.59 Å². The van der Waals surface area contributed by atoms with Crippen LogP contribution in [0, 0.1) is 0 Å². The normalized spacial score (nSPS) is 11.0. The van der Waals surface area contributed by atoms with Crippen molar-refractivity contribution < 1.29 is 23.4 Å². The van der Waals surface area contributed by atoms with E-state index in [1.165, 1.54) is 14.0 Å². The van der Waals surface area contributed by atoms with Gasteiger partial charge in [0, 0.05) is 13.0 Å². The van der Waals surface area contributed by atoms with Crippen LogP contribution >= 0.6 is 0 Å². The van der Waals surface area contributed by atoms with Crippen LogP contribution in [0.25, 0.3) is 11.0 Å². The minimum Gasteiger partial charge on any atom is -0.497 e. The van der Waals surface area contributed by atoms with Gasteiger partial charge in [-0.25, -0.2) is 4.79 Å². The van der Waals surface area contributed by atoms with Crippen molar-refractivity contribution in [1.82, 2.24) is 0 Å². The van der Waals surface area contributed by atoms with Gasteiger partial charge in [0.2, 0.25) is 0 Å². The lowest BCUT2D eigenvalue weighted by Crippen LogP contribution is -2.13. The fourth-order valence-corrected chi connectivity index (χ4v) is 2.15. The zero-order chi connectivity index (χ0) is 17.5. The lowest BCUT2D eigenvalue weighted by Gasteiger charge is -2.12. The first-order valence-electron chi connectivity index (χ1n) is 7.67. The van der Waals surface area contributed by atoms with Crippen molar-refractivity contribution in [3.05, 3.63) is 40.8 Å². The molecule has 0 unspecified atom stereocenters. The summed E-state index contributed by atoms with van der Waals surface area (Å²) >= 11 is 0. The van der Waals surface area contributed by atoms with Gasteiger partial charge in [-0.05, 0) is 25.0 Å². The summed E-state index contributed by atoms with van der Waals surface area (Å²) in [5, 5.41) is 0.533. The zero-order valence-electron chi connectivity index (χ0n) is 14.0. The Balaban J connectivity index is 2.46. The number of fused-ring (bicyclic) bond motifs is 1. The van der Waals surface area contributed by atoms with Gasteiger partial charge in [0.1, 0.15) is 11.3 Å². The fourth-order valence-electron chi connectivity index (χ4n) is 2.15. The minimum absolute atomic E-state index is 0.198. The Morgan fingerprint density at radius 1 is 1.25 bits per heavy atom. The van der Waals surface area contributed by atoms with Crippen LogP contribution in [-0.2, 0) is 4.79 Å². The molecule has 0 fully saturated rings. The summed E-state index contributed by atoms with van der Waals surface area (Å²) in [5.41, 5.74) is -0.473. The van der Waals surface area contributed by atoms with Gasteiger partial charge in [0.05, 0.1) is 19.1 Å². The van der Waals surface area contributed by atoms with Gasteiger partial charge in [0.25, 0.3) is 5.75 Å². The summed E-state index contributed by atoms with van der Waals surface area (Å²) in [6.45, 7) is 3.60. The molecule has 2 aromatic rings. The van der Waals surface area contributed by atoms with Crippen LogP contribution in [0.15, 0.2) is 39.6 Å². The second-order valence-electron chi connectivity index (χ2n) is 5.02. The maximum absolute atomic E-state index is 12.1. The Hall–Kier alpha value is -2.76. The number of methoxy groups -OCH3 is 1. The largest absolute Gasteiger partial charge is 0.497 e. The Bertz CT molecular complexity index is 803. The molecule has 0 aliphatic heterocycles. The highest BCUT2D eigenvalue weighted by molar-refractivity contribution is 5.87. The molecule has 0 radical (unpaired) electrons. The van der Waals surface area contributed by atoms with Crippen LogP contribution in [0.2, 0.25) is 0 Å². The summed E-state index contributed by atoms with van der Waals surface area (Å²) in [6, 6.07) is 4.99. The molecule has 0 saturated carbocycles. The Kier molecular flexibility index (Phi) is 6.01. The molecular weight excluding hydrogens is 312 g/mol. The van der Waals surface area contributed by atoms with Crippen LogP contribution in [0.1, 0.15) is 26.7 Å². The molecule has 0 amide bonds. The van der Waals surface area contributed by atoms with E-state index in [1.807, 2.05) is 19.1 Å². The first-order valence-corrected chi connectivity index (χ1v) is 7.67. The molecule has 24 heavy (non-hydrogen) atoms. The Morgan fingerprint density at radius 3 is 2.71 bits per heavy atom. The molecule has 128 valence electrons. The maximum Gasteiger partial charge on any atom is 0.383 e. The number of ether oxygens (including phenoxy) is 3. The molecule has 6 heteroatoms. The number of hydrogen-bond donors (Lipinski definition) is 0. The monoisotopic (exact) mass is 332 g/mol. The first kappa shape index (κ1) is 17.6. The molecule has 0 atom stereocenters. The maximum atomic E-state index is 12.1. The van der Waals surface area contributed by atoms with Gasteiger partial charge >= 0.3 is 11.6 Å². The van der Waals surface area contributed by atoms with E-state index in [2.05, 4.69) is 0 Å². The molecule has 0 spiro atoms. The van der Waals surface area contributed by atoms with Crippen LogP contribution < -0.4 is 19.8 Å². The summed E-state index contributed by atoms with van der Waals surface area (Å²) in [4.78, 5) is 23.4. The molecule has 0 saturated heterocycles. The van der Waals surface area contributed by atoms with Gasteiger partial charge < -0.3 is 18.6 Å². The van der Waals surface area contributed by atoms with Gasteiger partial charge in [0.15, 0.2) is 5.75 Å². The number of carbonyl (C=O) groups excluding carboxylic acids is 1. The predicted molar refractivity (Wildman–Crippen MR) is 89.9 cm³/mol. The van der Waals surface area contributed by atoms with Crippen LogP contribution in [0.4, 0.5) is 0 Å². The van der Waals surface area contributed by atoms with Crippen molar-refractivity contribution in [2.75, 3.05) is 13.7 Å². The predicted octanol–water partition coefficient (Wildman–Crippen LogP) is 3.46. The topological polar surface area (TPSA) is 75.0 Å². The number of rotatable bonds is 7. The fraction of sp³-hybridized carbons (Fsp3) is 0.333. The smallest absolute Gasteiger partial charge is 0.383 e. The number of allylic oxidation sites excluding steroid dienone is 1. The second kappa shape index (κ2) is 8.19. The van der Waals surface area contributed by atoms with E-state index in [-0.39, 0.29) is 11.5 Å². The molecule has 6 nitrogen and oxygen atoms in total. The lowest BCUT2D eigenvalue weighted by molar-refractivity contribution is -0.132. The average Bonchev–Trinajstić information content (AvgIpc) is 2.56. The van der Waals surface area contributed by atoms with Crippen LogP contribution in [-0.4, -0.2) is 19.7 Å². The number of hydrogen-bond acceptors (Lipinski definition) is 6. The third kappa shape index (κ3) is 4.16. The lowest BCUT2D eigenvalue weighted by atomic mass is 10.2. The first-order chi connectivity index (χ1) is 11.6. The Morgan fingerprint density at radius 2 is 2.04 bits per heavy atom. The van der Waals surface area contributed by atoms with Gasteiger partial charge in [-0.15, -0.1) is 0 Å². The standard InChI is InChI=1S/C18H20O6/c1-4-5-6-7-10-22-16-14-9-8-13(21-3)11-15(14)24-18(20)17(16)23-12(2)19/h5-6,8-9,11H,4,7,10H2,1-3H3. The van der Waals surface area contributed by atoms with Gasteiger partial charge in [-0.1, -0.05) is 19.1 Å². The molecule has 1 aromatic carbocycles. The van der Waals surface area contributed by atoms with Gasteiger partial charge in [-0.2, -0.15) is 0 Å². The van der Waals surface area contributed by atoms with E-state index in [1.54, 1.807) is 18.2 Å². The van der Waals surface area contributed by atoms with Crippen molar-refractivity contribution >= 4 is 16.9 Å². The van der Waals surface area contributed by atoms with Crippen molar-refractivity contribution in [2.24, 2.45) is 0 Å². The Labute approximate surface area is 139 Å². The molecule has 0 N–H and O–H groups in total. The molecule has 1 heterocycles. The van der Waals surface area contributed by atoms with Crippen molar-refractivity contribution in [1.29, 1.82) is 0 Å². The molecule has 0 aliphatic rings. The van der Waals surface area contributed by atoms with Crippen LogP contribution in [0.3, 0.4) is 0 Å². The van der Waals surface area contributed by atoms with Gasteiger partial charge in [-0.3, -0.25) is 4.79 Å². The molecular formula is C18H20O6. The van der Waals surface area contributed by atoms with Crippen molar-refractivity contribution in [2.45, 2.75) is 26.7 Å². The highest BCUT2D eigenvalue weighted by atomic mass is 16.6. The summed E-state index contributed by atoms with van der Waals surface area (Å²) in [5.74, 6) is -0.114. The third-order valence-corrected chi connectivity index (χ3v) is 3.21. The summed E-state index contributed by atoms with van der Waals surface area (Å²) < 4.78 is 21.1. The van der Waals surface area contributed by atoms with E-state index >= 15 is 0 Å². The SMILES string of the molecule is CCC=CCCOc1c(OC(C)=O)c(=O)oc2cc(OC)ccc12. The molecule has 1 aromatic heterocycles. The average molecular weight is 332 g/mol. The van der Waals surface area contributed by atoms with E-state index in [0.29, 0.717) is 29.7 Å². The van der Waals surface area contributed by atoms with E-state index in [4.69, 9.17) is 18.6 Å². The van der Waals surface area contributed by atoms with Crippen molar-refractivity contribution in [3.8, 4) is 17.2 Å². The zero-order valence-corrected chi connectivity index (χ0v) is 14.0. The quantitative estimate of drug-likeness (QED) is 0.334. The second-order valence-corrected chi connectivity index (χ2v) is 5.02. The third-order valence-electron chi connectivity index (χ3n) is 3.21. The van der Waals surface area contributed by atoms with E-state index < -0.39 is 11.6 Å². The summed E-state index contributed by atoms with van der Waals surface area (Å²) in [6.07, 6.45) is 5.63. The van der Waals surface area contributed by atoms with Crippen LogP contribution in [0.5, 0.6) is 17.2 Å². The highest BCUT2D eigenvalue weighted by Crippen LogP contribution is 2.34. The molecule has 0 aliphatic carbocycles. The number of carbonyl (C=O) groups is 1. The highest BCUT2D eigenvalue weighted by Gasteiger charge is 2.19. The number of esters is 1. The molecule has 2 rings (SSSR count). The summed E-state index contributed by atoms with van der Waals surface area (Å²) in [7, 11) is 1.52. The molecule has 0 bridgehead atoms. The number of benzene rings is 1. The van der Waals surface area contributed by atoms with Crippen molar-refractivity contribution in [3.63, 3.8) is 0 Å².